The van der Waals surface area contributed by atoms with Crippen LogP contribution in [0.5, 0.6) is 0 Å². The highest BCUT2D eigenvalue weighted by molar-refractivity contribution is 5.93. The Morgan fingerprint density at radius 2 is 2.05 bits per heavy atom. The van der Waals surface area contributed by atoms with Crippen LogP contribution in [0.2, 0.25) is 0 Å². The van der Waals surface area contributed by atoms with Crippen LogP contribution >= 0.6 is 0 Å². The van der Waals surface area contributed by atoms with Gasteiger partial charge in [0, 0.05) is 51.3 Å². The maximum absolute atomic E-state index is 12.3. The summed E-state index contributed by atoms with van der Waals surface area (Å²) in [5.74, 6) is 0.385. The maximum atomic E-state index is 12.3. The molecule has 21 heavy (non-hydrogen) atoms. The van der Waals surface area contributed by atoms with Gasteiger partial charge in [-0.15, -0.1) is 0 Å². The second kappa shape index (κ2) is 6.34. The first kappa shape index (κ1) is 15.0. The van der Waals surface area contributed by atoms with E-state index in [0.29, 0.717) is 18.1 Å². The Labute approximate surface area is 124 Å². The summed E-state index contributed by atoms with van der Waals surface area (Å²) in [5.41, 5.74) is 2.45. The maximum Gasteiger partial charge on any atom is 0.257 e. The second-order valence-electron chi connectivity index (χ2n) is 4.80. The van der Waals surface area contributed by atoms with Crippen molar-refractivity contribution in [1.82, 2.24) is 24.6 Å². The van der Waals surface area contributed by atoms with Gasteiger partial charge in [-0.2, -0.15) is 5.10 Å². The number of rotatable bonds is 5. The minimum absolute atomic E-state index is 0.110. The smallest absolute Gasteiger partial charge is 0.257 e. The fourth-order valence-corrected chi connectivity index (χ4v) is 1.99. The first-order valence-corrected chi connectivity index (χ1v) is 6.83. The highest BCUT2D eigenvalue weighted by atomic mass is 16.2. The number of aryl methyl sites for hydroxylation is 2. The average Bonchev–Trinajstić information content (AvgIpc) is 2.86. The Kier molecular flexibility index (Phi) is 4.52. The third kappa shape index (κ3) is 3.36. The van der Waals surface area contributed by atoms with E-state index in [4.69, 9.17) is 0 Å². The normalized spacial score (nSPS) is 10.5. The number of hydrogen-bond donors (Lipinski definition) is 1. The van der Waals surface area contributed by atoms with E-state index in [-0.39, 0.29) is 5.91 Å². The van der Waals surface area contributed by atoms with E-state index in [1.54, 1.807) is 19.0 Å². The summed E-state index contributed by atoms with van der Waals surface area (Å²) in [7, 11) is 3.49. The molecule has 0 atom stereocenters. The lowest BCUT2D eigenvalue weighted by atomic mass is 10.2. The van der Waals surface area contributed by atoms with Crippen molar-refractivity contribution < 1.29 is 4.79 Å². The second-order valence-corrected chi connectivity index (χ2v) is 4.80. The number of nitrogens with zero attached hydrogens (tertiary/aromatic N) is 5. The fraction of sp³-hybridized carbons (Fsp3) is 0.429. The number of anilines is 1. The van der Waals surface area contributed by atoms with E-state index >= 15 is 0 Å². The third-order valence-corrected chi connectivity index (χ3v) is 3.25. The molecule has 2 rings (SSSR count). The molecule has 2 aromatic rings. The molecule has 2 aromatic heterocycles. The number of carbonyl (C=O) groups is 1. The van der Waals surface area contributed by atoms with Crippen molar-refractivity contribution in [3.8, 4) is 0 Å². The molecular formula is C14H20N6O. The lowest BCUT2D eigenvalue weighted by Gasteiger charge is -2.16. The van der Waals surface area contributed by atoms with Crippen LogP contribution in [0.25, 0.3) is 0 Å². The van der Waals surface area contributed by atoms with Gasteiger partial charge in [0.25, 0.3) is 5.91 Å². The quantitative estimate of drug-likeness (QED) is 0.898. The Morgan fingerprint density at radius 3 is 2.57 bits per heavy atom. The topological polar surface area (TPSA) is 75.9 Å². The predicted molar refractivity (Wildman–Crippen MR) is 80.0 cm³/mol. The van der Waals surface area contributed by atoms with Gasteiger partial charge in [-0.05, 0) is 13.8 Å². The van der Waals surface area contributed by atoms with Crippen molar-refractivity contribution in [3.05, 3.63) is 35.4 Å². The zero-order valence-corrected chi connectivity index (χ0v) is 12.8. The van der Waals surface area contributed by atoms with Crippen LogP contribution in [-0.2, 0) is 13.1 Å². The molecular weight excluding hydrogens is 268 g/mol. The number of amides is 1. The Balaban J connectivity index is 2.09. The van der Waals surface area contributed by atoms with Gasteiger partial charge in [0.15, 0.2) is 0 Å². The molecule has 0 radical (unpaired) electrons. The van der Waals surface area contributed by atoms with E-state index in [1.807, 2.05) is 24.7 Å². The lowest BCUT2D eigenvalue weighted by molar-refractivity contribution is 0.0784. The number of nitrogens with one attached hydrogen (secondary N) is 1. The molecule has 0 fully saturated rings. The molecule has 0 aromatic carbocycles. The molecule has 1 N–H and O–H groups in total. The Morgan fingerprint density at radius 1 is 1.38 bits per heavy atom. The number of aromatic nitrogens is 4. The average molecular weight is 288 g/mol. The van der Waals surface area contributed by atoms with Gasteiger partial charge in [0.05, 0.1) is 11.3 Å². The summed E-state index contributed by atoms with van der Waals surface area (Å²) in [6, 6.07) is 0. The highest BCUT2D eigenvalue weighted by Gasteiger charge is 2.15. The zero-order chi connectivity index (χ0) is 15.4. The Hall–Kier alpha value is -2.44. The number of hydrogen-bond acceptors (Lipinski definition) is 5. The molecule has 0 spiro atoms. The molecule has 0 aliphatic heterocycles. The molecule has 0 unspecified atom stereocenters. The lowest BCUT2D eigenvalue weighted by Crippen LogP contribution is -2.26. The van der Waals surface area contributed by atoms with E-state index in [0.717, 1.165) is 17.8 Å². The van der Waals surface area contributed by atoms with Gasteiger partial charge in [0.2, 0.25) is 5.95 Å². The molecule has 0 saturated carbocycles. The molecule has 7 heteroatoms. The van der Waals surface area contributed by atoms with Gasteiger partial charge < -0.3 is 10.2 Å². The molecule has 1 amide bonds. The van der Waals surface area contributed by atoms with E-state index in [1.165, 1.54) is 12.4 Å². The monoisotopic (exact) mass is 288 g/mol. The highest BCUT2D eigenvalue weighted by Crippen LogP contribution is 2.11. The molecule has 0 aliphatic carbocycles. The van der Waals surface area contributed by atoms with Crippen molar-refractivity contribution in [1.29, 1.82) is 0 Å². The minimum atomic E-state index is -0.110. The standard InChI is InChI=1S/C14H20N6O/c1-5-20-9-12(10(2)18-20)8-19(4)13(21)11-6-16-14(15-3)17-7-11/h6-7,9H,5,8H2,1-4H3,(H,15,16,17). The van der Waals surface area contributed by atoms with Crippen LogP contribution in [0.3, 0.4) is 0 Å². The summed E-state index contributed by atoms with van der Waals surface area (Å²) < 4.78 is 1.87. The van der Waals surface area contributed by atoms with Gasteiger partial charge in [0.1, 0.15) is 0 Å². The van der Waals surface area contributed by atoms with E-state index in [9.17, 15) is 4.79 Å². The summed E-state index contributed by atoms with van der Waals surface area (Å²) in [5, 5.41) is 7.20. The summed E-state index contributed by atoms with van der Waals surface area (Å²) in [6.07, 6.45) is 5.03. The molecule has 0 aliphatic rings. The third-order valence-electron chi connectivity index (χ3n) is 3.25. The van der Waals surface area contributed by atoms with Gasteiger partial charge in [-0.25, -0.2) is 9.97 Å². The fourth-order valence-electron chi connectivity index (χ4n) is 1.99. The van der Waals surface area contributed by atoms with Crippen LogP contribution in [0.4, 0.5) is 5.95 Å². The largest absolute Gasteiger partial charge is 0.357 e. The van der Waals surface area contributed by atoms with Gasteiger partial charge >= 0.3 is 0 Å². The van der Waals surface area contributed by atoms with Gasteiger partial charge in [-0.1, -0.05) is 0 Å². The van der Waals surface area contributed by atoms with Gasteiger partial charge in [-0.3, -0.25) is 9.48 Å². The van der Waals surface area contributed by atoms with Crippen LogP contribution in [0, 0.1) is 6.92 Å². The zero-order valence-electron chi connectivity index (χ0n) is 12.8. The molecule has 112 valence electrons. The first-order chi connectivity index (χ1) is 10.0. The van der Waals surface area contributed by atoms with E-state index < -0.39 is 0 Å². The molecule has 7 nitrogen and oxygen atoms in total. The summed E-state index contributed by atoms with van der Waals surface area (Å²) in [4.78, 5) is 22.1. The van der Waals surface area contributed by atoms with Crippen LogP contribution in [0.1, 0.15) is 28.5 Å². The SMILES string of the molecule is CCn1cc(CN(C)C(=O)c2cnc(NC)nc2)c(C)n1. The molecule has 2 heterocycles. The molecule has 0 saturated heterocycles. The Bertz CT molecular complexity index is 619. The van der Waals surface area contributed by atoms with Crippen molar-refractivity contribution in [3.63, 3.8) is 0 Å². The summed E-state index contributed by atoms with van der Waals surface area (Å²) in [6.45, 7) is 5.31. The van der Waals surface area contributed by atoms with Crippen LogP contribution < -0.4 is 5.32 Å². The molecule has 0 bridgehead atoms. The summed E-state index contributed by atoms with van der Waals surface area (Å²) >= 11 is 0. The van der Waals surface area contributed by atoms with Crippen LogP contribution in [0.15, 0.2) is 18.6 Å². The van der Waals surface area contributed by atoms with Crippen molar-refractivity contribution >= 4 is 11.9 Å². The minimum Gasteiger partial charge on any atom is -0.357 e. The van der Waals surface area contributed by atoms with E-state index in [2.05, 4.69) is 20.4 Å². The predicted octanol–water partition coefficient (Wildman–Crippen LogP) is 1.32. The first-order valence-electron chi connectivity index (χ1n) is 6.83. The van der Waals surface area contributed by atoms with Crippen molar-refractivity contribution in [2.75, 3.05) is 19.4 Å². The van der Waals surface area contributed by atoms with Crippen LogP contribution in [-0.4, -0.2) is 44.7 Å². The number of carbonyl (C=O) groups excluding carboxylic acids is 1. The van der Waals surface area contributed by atoms with Crippen molar-refractivity contribution in [2.24, 2.45) is 0 Å². The van der Waals surface area contributed by atoms with Crippen molar-refractivity contribution in [2.45, 2.75) is 26.9 Å².